The van der Waals surface area contributed by atoms with Crippen molar-refractivity contribution in [3.05, 3.63) is 99.7 Å². The van der Waals surface area contributed by atoms with E-state index in [4.69, 9.17) is 14.5 Å². The number of benzene rings is 3. The lowest BCUT2D eigenvalue weighted by Crippen LogP contribution is -2.54. The summed E-state index contributed by atoms with van der Waals surface area (Å²) < 4.78 is 42.9. The number of aromatic nitrogens is 2. The molecule has 358 valence electrons. The largest absolute Gasteiger partial charge is 0.489 e. The highest BCUT2D eigenvalue weighted by molar-refractivity contribution is 7.90. The number of hydrogen-bond donors (Lipinski definition) is 4. The highest BCUT2D eigenvalue weighted by atomic mass is 32.2. The number of pyridine rings is 1. The maximum atomic E-state index is 14.5. The monoisotopic (exact) mass is 944 g/mol. The number of hydrogen-bond acceptors (Lipinski definition) is 13. The number of likely N-dealkylation sites (tertiary alicyclic amines) is 1. The van der Waals surface area contributed by atoms with Crippen LogP contribution in [0.5, 0.6) is 11.6 Å². The maximum Gasteiger partial charge on any atom is 0.297 e. The average Bonchev–Trinajstić information content (AvgIpc) is 3.95. The lowest BCUT2D eigenvalue weighted by Gasteiger charge is -2.56. The van der Waals surface area contributed by atoms with Crippen LogP contribution < -0.4 is 29.3 Å². The van der Waals surface area contributed by atoms with Gasteiger partial charge in [0.2, 0.25) is 5.88 Å². The predicted octanol–water partition coefficient (Wildman–Crippen LogP) is 8.52. The average molecular weight is 945 g/mol. The number of aromatic amines is 1. The highest BCUT2D eigenvalue weighted by Crippen LogP contribution is 2.54. The van der Waals surface area contributed by atoms with Crippen LogP contribution in [0.3, 0.4) is 0 Å². The van der Waals surface area contributed by atoms with Crippen LogP contribution >= 0.6 is 0 Å². The van der Waals surface area contributed by atoms with Crippen molar-refractivity contribution in [3.8, 4) is 11.6 Å². The molecule has 17 heteroatoms. The molecule has 0 bridgehead atoms. The van der Waals surface area contributed by atoms with Gasteiger partial charge in [0.15, 0.2) is 11.4 Å². The zero-order chi connectivity index (χ0) is 47.0. The van der Waals surface area contributed by atoms with Crippen LogP contribution in [0.1, 0.15) is 105 Å². The molecular weight excluding hydrogens is 885 g/mol. The number of amides is 1. The van der Waals surface area contributed by atoms with Gasteiger partial charge >= 0.3 is 0 Å². The van der Waals surface area contributed by atoms with Crippen LogP contribution in [0.2, 0.25) is 0 Å². The molecule has 2 aliphatic carbocycles. The minimum absolute atomic E-state index is 0.0177. The van der Waals surface area contributed by atoms with Crippen molar-refractivity contribution in [1.82, 2.24) is 19.6 Å². The van der Waals surface area contributed by atoms with Gasteiger partial charge in [0.25, 0.3) is 21.6 Å². The Hall–Kier alpha value is -5.91. The molecule has 3 aromatic carbocycles. The van der Waals surface area contributed by atoms with Gasteiger partial charge < -0.3 is 34.7 Å². The predicted molar refractivity (Wildman–Crippen MR) is 260 cm³/mol. The van der Waals surface area contributed by atoms with Gasteiger partial charge in [-0.1, -0.05) is 24.3 Å². The number of H-pyrrole nitrogens is 1. The molecule has 4 fully saturated rings. The van der Waals surface area contributed by atoms with Crippen LogP contribution in [0.4, 0.5) is 28.4 Å². The van der Waals surface area contributed by atoms with Crippen molar-refractivity contribution in [2.75, 3.05) is 54.5 Å². The molecule has 11 rings (SSSR count). The Morgan fingerprint density at radius 2 is 1.74 bits per heavy atom. The topological polar surface area (TPSA) is 195 Å². The van der Waals surface area contributed by atoms with Crippen molar-refractivity contribution in [1.29, 1.82) is 0 Å². The Kier molecular flexibility index (Phi) is 11.3. The molecule has 6 aliphatic rings. The number of sulfonamides is 1. The molecule has 2 atom stereocenters. The fourth-order valence-corrected chi connectivity index (χ4v) is 13.2. The summed E-state index contributed by atoms with van der Waals surface area (Å²) in [6.45, 7) is 7.94. The second kappa shape index (κ2) is 17.2. The number of carbonyl (C=O) groups is 1. The number of rotatable bonds is 9. The van der Waals surface area contributed by atoms with Gasteiger partial charge in [-0.2, -0.15) is 4.98 Å². The summed E-state index contributed by atoms with van der Waals surface area (Å²) in [4.78, 5) is 41.0. The lowest BCUT2D eigenvalue weighted by molar-refractivity contribution is -0.384. The lowest BCUT2D eigenvalue weighted by atomic mass is 9.59. The third-order valence-electron chi connectivity index (χ3n) is 16.1. The molecule has 4 N–H and O–H groups in total. The van der Waals surface area contributed by atoms with E-state index in [0.29, 0.717) is 72.8 Å². The van der Waals surface area contributed by atoms with E-state index in [2.05, 4.69) is 56.0 Å². The number of anilines is 4. The number of fused-ring (bicyclic) bond motifs is 3. The summed E-state index contributed by atoms with van der Waals surface area (Å²) in [6, 6.07) is 21.3. The first-order valence-corrected chi connectivity index (χ1v) is 25.8. The normalized spacial score (nSPS) is 25.1. The number of nitro groups is 1. The number of aryl methyl sites for hydroxylation is 1. The second-order valence-corrected chi connectivity index (χ2v) is 22.2. The standard InChI is InChI=1S/C51H60N8O8S/c1-32-7-3-4-8-38(32)41-9-5-20-57(41)36-29-51(30-36)17-22-56(23-18-51)35-10-11-39(42(26-35)58-21-6-24-66-49-44(58)25-34-14-19-52-47(34)54-49)48(60)55-68(64,65)37-27-43(59(62)63)46-45(28-37)67-31-40(53-46)33-12-15-50(2,61)16-13-33/h3-4,7-8,10-11,14,19,25-28,33,36,40-41,53,61H,5-6,9,12-13,15-18,20-24,29-31H2,1-2H3,(H,52,54)(H,55,60)/t33?,40-,41+,50?/m1/s1. The van der Waals surface area contributed by atoms with Gasteiger partial charge in [-0.25, -0.2) is 13.1 Å². The van der Waals surface area contributed by atoms with E-state index in [1.165, 1.54) is 42.9 Å². The molecule has 4 aliphatic heterocycles. The first kappa shape index (κ1) is 44.6. The summed E-state index contributed by atoms with van der Waals surface area (Å²) in [6.07, 6.45) is 12.0. The minimum Gasteiger partial charge on any atom is -0.489 e. The van der Waals surface area contributed by atoms with Crippen molar-refractivity contribution in [2.24, 2.45) is 11.3 Å². The van der Waals surface area contributed by atoms with Gasteiger partial charge in [-0.05, 0) is 144 Å². The third kappa shape index (κ3) is 8.29. The zero-order valence-corrected chi connectivity index (χ0v) is 39.5. The minimum atomic E-state index is -4.67. The van der Waals surface area contributed by atoms with Gasteiger partial charge in [0.05, 0.1) is 39.3 Å². The molecule has 2 saturated heterocycles. The third-order valence-corrected chi connectivity index (χ3v) is 17.4. The highest BCUT2D eigenvalue weighted by Gasteiger charge is 2.50. The Morgan fingerprint density at radius 1 is 0.941 bits per heavy atom. The van der Waals surface area contributed by atoms with Crippen molar-refractivity contribution in [2.45, 2.75) is 113 Å². The molecule has 6 heterocycles. The van der Waals surface area contributed by atoms with E-state index in [0.717, 1.165) is 62.5 Å². The number of aliphatic hydroxyl groups is 1. The Labute approximate surface area is 396 Å². The molecule has 1 amide bonds. The first-order valence-electron chi connectivity index (χ1n) is 24.3. The van der Waals surface area contributed by atoms with Crippen LogP contribution in [0.15, 0.2) is 77.8 Å². The Bertz CT molecular complexity index is 2880. The van der Waals surface area contributed by atoms with Gasteiger partial charge in [-0.15, -0.1) is 0 Å². The number of nitrogens with one attached hydrogen (secondary N) is 3. The van der Waals surface area contributed by atoms with Gasteiger partial charge in [-0.3, -0.25) is 19.8 Å². The molecular formula is C51H60N8O8S. The van der Waals surface area contributed by atoms with Gasteiger partial charge in [0, 0.05) is 61.1 Å². The molecule has 68 heavy (non-hydrogen) atoms. The molecule has 2 aromatic heterocycles. The molecule has 2 saturated carbocycles. The van der Waals surface area contributed by atoms with E-state index in [1.54, 1.807) is 12.3 Å². The van der Waals surface area contributed by atoms with Gasteiger partial charge in [0.1, 0.15) is 17.9 Å². The number of piperidine rings is 1. The molecule has 0 radical (unpaired) electrons. The fourth-order valence-electron chi connectivity index (χ4n) is 12.2. The molecule has 1 spiro atoms. The molecule has 0 unspecified atom stereocenters. The summed E-state index contributed by atoms with van der Waals surface area (Å²) in [5.74, 6) is -0.356. The van der Waals surface area contributed by atoms with E-state index >= 15 is 0 Å². The molecule has 5 aromatic rings. The van der Waals surface area contributed by atoms with E-state index < -0.39 is 37.0 Å². The SMILES string of the molecule is Cc1ccccc1[C@@H]1CCCN1C1CC2(CCN(c3ccc(C(=O)NS(=O)(=O)c4cc5c(c([N+](=O)[O-])c4)N[C@@H](C4CCC(C)(O)CC4)CO5)c(N4CCCOc5nc6[nH]ccc6cc54)c3)CC2)C1. The number of nitrogens with zero attached hydrogens (tertiary/aromatic N) is 5. The van der Waals surface area contributed by atoms with Crippen LogP contribution in [0.25, 0.3) is 11.0 Å². The van der Waals surface area contributed by atoms with Crippen molar-refractivity contribution < 1.29 is 32.7 Å². The smallest absolute Gasteiger partial charge is 0.297 e. The van der Waals surface area contributed by atoms with Crippen LogP contribution in [0, 0.1) is 28.4 Å². The summed E-state index contributed by atoms with van der Waals surface area (Å²) >= 11 is 0. The van der Waals surface area contributed by atoms with E-state index in [-0.39, 0.29) is 35.6 Å². The van der Waals surface area contributed by atoms with Crippen LogP contribution in [-0.4, -0.2) is 96.3 Å². The number of ether oxygens (including phenoxy) is 2. The quantitative estimate of drug-likeness (QED) is 0.0812. The summed E-state index contributed by atoms with van der Waals surface area (Å²) in [5, 5.41) is 27.1. The van der Waals surface area contributed by atoms with E-state index in [9.17, 15) is 28.4 Å². The Morgan fingerprint density at radius 3 is 2.51 bits per heavy atom. The molecule has 16 nitrogen and oxygen atoms in total. The Balaban J connectivity index is 0.855. The van der Waals surface area contributed by atoms with E-state index in [1.807, 2.05) is 36.1 Å². The van der Waals surface area contributed by atoms with Crippen LogP contribution in [-0.2, 0) is 10.0 Å². The summed E-state index contributed by atoms with van der Waals surface area (Å²) in [7, 11) is -4.67. The number of carbonyl (C=O) groups excluding carboxylic acids is 1. The number of nitro benzene ring substituents is 1. The summed E-state index contributed by atoms with van der Waals surface area (Å²) in [5.41, 5.74) is 4.88. The zero-order valence-electron chi connectivity index (χ0n) is 38.7. The first-order chi connectivity index (χ1) is 32.7. The second-order valence-electron chi connectivity index (χ2n) is 20.5. The van der Waals surface area contributed by atoms with Crippen molar-refractivity contribution in [3.63, 3.8) is 0 Å². The maximum absolute atomic E-state index is 14.5. The fraction of sp³-hybridized carbons (Fsp3) is 0.490. The van der Waals surface area contributed by atoms with Crippen molar-refractivity contribution >= 4 is 55.4 Å².